The molecule has 3 atom stereocenters. The van der Waals surface area contributed by atoms with Crippen LogP contribution in [0.1, 0.15) is 101 Å². The van der Waals surface area contributed by atoms with E-state index in [-0.39, 0.29) is 30.9 Å². The summed E-state index contributed by atoms with van der Waals surface area (Å²) < 4.78 is 6.09. The van der Waals surface area contributed by atoms with Crippen LogP contribution in [0.15, 0.2) is 48.5 Å². The average molecular weight is 820 g/mol. The summed E-state index contributed by atoms with van der Waals surface area (Å²) in [7, 11) is 0. The van der Waals surface area contributed by atoms with E-state index < -0.39 is 29.7 Å². The van der Waals surface area contributed by atoms with Crippen LogP contribution in [0.4, 0.5) is 11.5 Å². The summed E-state index contributed by atoms with van der Waals surface area (Å²) >= 11 is 6.15. The molecule has 3 unspecified atom stereocenters. The molecule has 16 heteroatoms. The van der Waals surface area contributed by atoms with Crippen molar-refractivity contribution in [1.82, 2.24) is 30.6 Å². The van der Waals surface area contributed by atoms with Crippen LogP contribution in [0.25, 0.3) is 0 Å². The standard InChI is InChI=1S/C43H46ClN9O6/c44-35-20-32(7-1-26(35)21-45)59-31-8-2-27(3-9-31)46-40(55)36-11-13-38(49-48-36)51-17-15-25(16-18-51)22-50-23-29-4-5-30(24-50)52(29)28-6-10-33-34(19-28)43(58)53(42(33)57)37-12-14-39(54)47-41(37)56/h1,6-7,10-11,13,19-20,25,27,29-31,37H,2-5,8-9,12,14-18,22-24H2,(H,46,55)(H,47,54,56). The van der Waals surface area contributed by atoms with E-state index in [1.807, 2.05) is 18.2 Å². The van der Waals surface area contributed by atoms with Crippen LogP contribution in [0.5, 0.6) is 5.75 Å². The third-order valence-corrected chi connectivity index (χ3v) is 13.3. The number of hydrogen-bond donors (Lipinski definition) is 2. The summed E-state index contributed by atoms with van der Waals surface area (Å²) in [4.78, 5) is 72.3. The second kappa shape index (κ2) is 16.2. The van der Waals surface area contributed by atoms with Gasteiger partial charge in [0.15, 0.2) is 11.5 Å². The molecule has 5 aliphatic heterocycles. The predicted octanol–water partition coefficient (Wildman–Crippen LogP) is 4.09. The van der Waals surface area contributed by atoms with Gasteiger partial charge in [0.1, 0.15) is 17.9 Å². The Hall–Kier alpha value is -5.59. The van der Waals surface area contributed by atoms with Crippen LogP contribution in [0.3, 0.4) is 0 Å². The first kappa shape index (κ1) is 38.9. The lowest BCUT2D eigenvalue weighted by molar-refractivity contribution is -0.136. The van der Waals surface area contributed by atoms with Crippen molar-refractivity contribution in [2.45, 2.75) is 94.5 Å². The van der Waals surface area contributed by atoms with Gasteiger partial charge in [-0.15, -0.1) is 10.2 Å². The highest BCUT2D eigenvalue weighted by atomic mass is 35.5. The van der Waals surface area contributed by atoms with E-state index in [0.717, 1.165) is 100 Å². The molecule has 59 heavy (non-hydrogen) atoms. The Labute approximate surface area is 347 Å². The number of halogens is 1. The minimum absolute atomic E-state index is 0.0184. The van der Waals surface area contributed by atoms with Gasteiger partial charge in [0, 0.05) is 69.0 Å². The third-order valence-electron chi connectivity index (χ3n) is 13.0. The number of fused-ring (bicyclic) bond motifs is 3. The van der Waals surface area contributed by atoms with Crippen molar-refractivity contribution in [3.8, 4) is 11.8 Å². The quantitative estimate of drug-likeness (QED) is 0.296. The molecule has 0 spiro atoms. The lowest BCUT2D eigenvalue weighted by Crippen LogP contribution is -2.55. The number of imide groups is 2. The molecule has 3 aromatic rings. The van der Waals surface area contributed by atoms with Crippen LogP contribution in [0, 0.1) is 17.2 Å². The molecule has 1 saturated carbocycles. The van der Waals surface area contributed by atoms with Gasteiger partial charge >= 0.3 is 0 Å². The minimum atomic E-state index is -0.976. The minimum Gasteiger partial charge on any atom is -0.490 e. The lowest BCUT2D eigenvalue weighted by atomic mass is 9.92. The Morgan fingerprint density at radius 1 is 0.864 bits per heavy atom. The zero-order valence-electron chi connectivity index (χ0n) is 32.6. The largest absolute Gasteiger partial charge is 0.490 e. The maximum absolute atomic E-state index is 13.5. The number of hydrogen-bond acceptors (Lipinski definition) is 12. The average Bonchev–Trinajstić information content (AvgIpc) is 3.65. The maximum atomic E-state index is 13.5. The number of amides is 5. The van der Waals surface area contributed by atoms with E-state index in [0.29, 0.717) is 51.2 Å². The van der Waals surface area contributed by atoms with Crippen molar-refractivity contribution in [2.75, 3.05) is 42.5 Å². The molecule has 1 aliphatic carbocycles. The van der Waals surface area contributed by atoms with Gasteiger partial charge in [-0.05, 0) is 106 Å². The maximum Gasteiger partial charge on any atom is 0.272 e. The van der Waals surface area contributed by atoms with E-state index in [1.54, 1.807) is 30.3 Å². The highest BCUT2D eigenvalue weighted by molar-refractivity contribution is 6.31. The third kappa shape index (κ3) is 7.83. The van der Waals surface area contributed by atoms with Gasteiger partial charge in [-0.2, -0.15) is 5.26 Å². The number of benzene rings is 2. The highest BCUT2D eigenvalue weighted by Gasteiger charge is 2.46. The van der Waals surface area contributed by atoms with Crippen LogP contribution < -0.4 is 25.2 Å². The number of anilines is 2. The van der Waals surface area contributed by atoms with E-state index >= 15 is 0 Å². The fourth-order valence-electron chi connectivity index (χ4n) is 9.94. The normalized spacial score (nSPS) is 26.1. The van der Waals surface area contributed by atoms with Gasteiger partial charge in [-0.3, -0.25) is 39.1 Å². The van der Waals surface area contributed by atoms with Crippen LogP contribution in [-0.4, -0.2) is 113 Å². The highest BCUT2D eigenvalue weighted by Crippen LogP contribution is 2.39. The monoisotopic (exact) mass is 819 g/mol. The molecule has 1 aromatic heterocycles. The number of nitrogens with zero attached hydrogens (tertiary/aromatic N) is 7. The molecule has 4 saturated heterocycles. The molecule has 5 amide bonds. The second-order valence-electron chi connectivity index (χ2n) is 16.7. The van der Waals surface area contributed by atoms with Crippen molar-refractivity contribution < 1.29 is 28.7 Å². The number of aromatic nitrogens is 2. The number of likely N-dealkylation sites (tertiary alicyclic amines) is 1. The fraction of sp³-hybridized carbons (Fsp3) is 0.488. The van der Waals surface area contributed by atoms with Gasteiger partial charge in [-0.1, -0.05) is 11.6 Å². The molecule has 15 nitrogen and oxygen atoms in total. The number of nitriles is 1. The lowest BCUT2D eigenvalue weighted by Gasteiger charge is -2.44. The molecule has 5 fully saturated rings. The molecule has 306 valence electrons. The molecule has 9 rings (SSSR count). The van der Waals surface area contributed by atoms with Gasteiger partial charge in [0.05, 0.1) is 27.8 Å². The molecular formula is C43H46ClN9O6. The van der Waals surface area contributed by atoms with Crippen molar-refractivity contribution >= 4 is 52.6 Å². The summed E-state index contributed by atoms with van der Waals surface area (Å²) in [6.07, 6.45) is 7.59. The first-order valence-corrected chi connectivity index (χ1v) is 21.1. The number of nitrogens with one attached hydrogen (secondary N) is 2. The molecular weight excluding hydrogens is 774 g/mol. The zero-order valence-corrected chi connectivity index (χ0v) is 33.4. The van der Waals surface area contributed by atoms with Gasteiger partial charge in [-0.25, -0.2) is 0 Å². The predicted molar refractivity (Wildman–Crippen MR) is 216 cm³/mol. The molecule has 2 aromatic carbocycles. The Kier molecular flexibility index (Phi) is 10.7. The van der Waals surface area contributed by atoms with Crippen molar-refractivity contribution in [2.24, 2.45) is 5.92 Å². The Morgan fingerprint density at radius 3 is 2.29 bits per heavy atom. The number of piperidine rings is 2. The first-order valence-electron chi connectivity index (χ1n) is 20.7. The van der Waals surface area contributed by atoms with Gasteiger partial charge < -0.3 is 19.9 Å². The number of carbonyl (C=O) groups is 5. The molecule has 6 aliphatic rings. The summed E-state index contributed by atoms with van der Waals surface area (Å²) in [5.41, 5.74) is 2.28. The van der Waals surface area contributed by atoms with Crippen molar-refractivity contribution in [1.29, 1.82) is 5.26 Å². The summed E-state index contributed by atoms with van der Waals surface area (Å²) in [6.45, 7) is 4.63. The Balaban J connectivity index is 0.725. The van der Waals surface area contributed by atoms with Crippen molar-refractivity contribution in [3.63, 3.8) is 0 Å². The number of piperazine rings is 1. The summed E-state index contributed by atoms with van der Waals surface area (Å²) in [5.74, 6) is -0.205. The topological polar surface area (TPSA) is 181 Å². The zero-order chi connectivity index (χ0) is 40.8. The number of rotatable bonds is 9. The van der Waals surface area contributed by atoms with Crippen LogP contribution in [-0.2, 0) is 9.59 Å². The van der Waals surface area contributed by atoms with Crippen LogP contribution >= 0.6 is 11.6 Å². The van der Waals surface area contributed by atoms with E-state index in [2.05, 4.69) is 41.6 Å². The molecule has 2 N–H and O–H groups in total. The van der Waals surface area contributed by atoms with E-state index in [1.165, 1.54) is 0 Å². The molecule has 0 radical (unpaired) electrons. The van der Waals surface area contributed by atoms with Gasteiger partial charge in [0.2, 0.25) is 11.8 Å². The molecule has 2 bridgehead atoms. The number of ether oxygens (including phenoxy) is 1. The Morgan fingerprint density at radius 2 is 1.61 bits per heavy atom. The van der Waals surface area contributed by atoms with E-state index in [4.69, 9.17) is 21.6 Å². The smallest absolute Gasteiger partial charge is 0.272 e. The SMILES string of the molecule is N#Cc1ccc(OC2CCC(NC(=O)c3ccc(N4CCC(CN5CC6CCC(C5)N6c5ccc6c(c5)C(=O)N(C5CCC(=O)NC5=O)C6=O)CC4)nn3)CC2)cc1Cl. The second-order valence-corrected chi connectivity index (χ2v) is 17.1. The Bertz CT molecular complexity index is 2200. The summed E-state index contributed by atoms with van der Waals surface area (Å²) in [6, 6.07) is 15.9. The first-order chi connectivity index (χ1) is 28.6. The van der Waals surface area contributed by atoms with Crippen LogP contribution in [0.2, 0.25) is 5.02 Å². The molecule has 6 heterocycles. The summed E-state index contributed by atoms with van der Waals surface area (Å²) in [5, 5.41) is 23.6. The number of carbonyl (C=O) groups excluding carboxylic acids is 5. The van der Waals surface area contributed by atoms with Gasteiger partial charge in [0.25, 0.3) is 17.7 Å². The van der Waals surface area contributed by atoms with E-state index in [9.17, 15) is 24.0 Å². The fourth-order valence-corrected chi connectivity index (χ4v) is 10.2. The van der Waals surface area contributed by atoms with Crippen molar-refractivity contribution in [3.05, 3.63) is 75.9 Å².